The minimum absolute atomic E-state index is 0.121. The molecule has 0 bridgehead atoms. The number of ether oxygens (including phenoxy) is 1. The molecule has 16 heavy (non-hydrogen) atoms. The van der Waals surface area contributed by atoms with Crippen molar-refractivity contribution in [2.75, 3.05) is 20.2 Å². The number of methoxy groups -OCH3 is 1. The van der Waals surface area contributed by atoms with Gasteiger partial charge in [0.25, 0.3) is 0 Å². The minimum Gasteiger partial charge on any atom is -0.496 e. The number of carbonyl (C=O) groups is 1. The summed E-state index contributed by atoms with van der Waals surface area (Å²) in [5.74, 6) is 1.05. The summed E-state index contributed by atoms with van der Waals surface area (Å²) in [6.07, 6.45) is 0. The van der Waals surface area contributed by atoms with Gasteiger partial charge in [0.15, 0.2) is 5.78 Å². The second-order valence-corrected chi connectivity index (χ2v) is 4.31. The van der Waals surface area contributed by atoms with Gasteiger partial charge in [-0.3, -0.25) is 4.79 Å². The van der Waals surface area contributed by atoms with Gasteiger partial charge in [0, 0.05) is 19.0 Å². The van der Waals surface area contributed by atoms with E-state index in [2.05, 4.69) is 5.32 Å². The van der Waals surface area contributed by atoms with Crippen molar-refractivity contribution in [3.8, 4) is 5.75 Å². The van der Waals surface area contributed by atoms with Gasteiger partial charge in [0.2, 0.25) is 0 Å². The van der Waals surface area contributed by atoms with Gasteiger partial charge >= 0.3 is 0 Å². The lowest BCUT2D eigenvalue weighted by molar-refractivity contribution is 0.0875. The maximum absolute atomic E-state index is 12.2. The highest BCUT2D eigenvalue weighted by atomic mass is 16.5. The van der Waals surface area contributed by atoms with Gasteiger partial charge in [-0.15, -0.1) is 0 Å². The maximum Gasteiger partial charge on any atom is 0.172 e. The Balaban J connectivity index is 2.39. The van der Waals surface area contributed by atoms with Gasteiger partial charge in [-0.05, 0) is 31.0 Å². The van der Waals surface area contributed by atoms with Crippen molar-refractivity contribution in [3.63, 3.8) is 0 Å². The number of Topliss-reactive ketones (excluding diaryl/α,β-unsaturated/α-hetero) is 1. The summed E-state index contributed by atoms with van der Waals surface area (Å²) in [6, 6.07) is 3.86. The zero-order chi connectivity index (χ0) is 11.7. The molecule has 86 valence electrons. The predicted octanol–water partition coefficient (Wildman–Crippen LogP) is 1.71. The van der Waals surface area contributed by atoms with E-state index in [-0.39, 0.29) is 11.7 Å². The Labute approximate surface area is 95.8 Å². The first-order chi connectivity index (χ1) is 7.65. The molecule has 0 radical (unpaired) electrons. The van der Waals surface area contributed by atoms with Crippen LogP contribution in [0.25, 0.3) is 0 Å². The molecule has 1 N–H and O–H groups in total. The third-order valence-electron chi connectivity index (χ3n) is 3.30. The molecule has 1 heterocycles. The molecule has 0 aromatic heterocycles. The van der Waals surface area contributed by atoms with Gasteiger partial charge < -0.3 is 10.1 Å². The third kappa shape index (κ3) is 1.71. The summed E-state index contributed by atoms with van der Waals surface area (Å²) in [5, 5.41) is 3.11. The number of aryl methyl sites for hydroxylation is 1. The van der Waals surface area contributed by atoms with Crippen LogP contribution < -0.4 is 10.1 Å². The normalized spacial score (nSPS) is 15.7. The van der Waals surface area contributed by atoms with Gasteiger partial charge in [0.1, 0.15) is 5.75 Å². The molecular weight excluding hydrogens is 202 g/mol. The van der Waals surface area contributed by atoms with E-state index in [0.29, 0.717) is 0 Å². The largest absolute Gasteiger partial charge is 0.496 e. The third-order valence-corrected chi connectivity index (χ3v) is 3.30. The van der Waals surface area contributed by atoms with Crippen LogP contribution in [0, 0.1) is 19.8 Å². The average molecular weight is 219 g/mol. The molecule has 0 saturated carbocycles. The Kier molecular flexibility index (Phi) is 2.97. The Morgan fingerprint density at radius 3 is 2.56 bits per heavy atom. The minimum atomic E-state index is 0.121. The van der Waals surface area contributed by atoms with Crippen LogP contribution in [0.15, 0.2) is 12.1 Å². The van der Waals surface area contributed by atoms with Gasteiger partial charge in [-0.25, -0.2) is 0 Å². The molecule has 3 heteroatoms. The van der Waals surface area contributed by atoms with Crippen LogP contribution in [-0.2, 0) is 0 Å². The summed E-state index contributed by atoms with van der Waals surface area (Å²) in [5.41, 5.74) is 2.93. The molecule has 1 aromatic rings. The molecule has 0 unspecified atom stereocenters. The van der Waals surface area contributed by atoms with Crippen molar-refractivity contribution in [1.82, 2.24) is 5.32 Å². The Bertz CT molecular complexity index is 422. The number of rotatable bonds is 3. The van der Waals surface area contributed by atoms with Crippen molar-refractivity contribution in [3.05, 3.63) is 28.8 Å². The van der Waals surface area contributed by atoms with Crippen LogP contribution in [0.5, 0.6) is 5.75 Å². The molecule has 1 saturated heterocycles. The smallest absolute Gasteiger partial charge is 0.172 e. The first-order valence-corrected chi connectivity index (χ1v) is 5.54. The Morgan fingerprint density at radius 1 is 1.38 bits per heavy atom. The summed E-state index contributed by atoms with van der Waals surface area (Å²) in [7, 11) is 1.62. The van der Waals surface area contributed by atoms with E-state index in [0.717, 1.165) is 35.5 Å². The van der Waals surface area contributed by atoms with Crippen LogP contribution in [0.4, 0.5) is 0 Å². The molecule has 1 aromatic carbocycles. The summed E-state index contributed by atoms with van der Waals surface area (Å²) in [4.78, 5) is 12.2. The van der Waals surface area contributed by atoms with Gasteiger partial charge in [-0.2, -0.15) is 0 Å². The second-order valence-electron chi connectivity index (χ2n) is 4.31. The molecule has 1 fully saturated rings. The monoisotopic (exact) mass is 219 g/mol. The van der Waals surface area contributed by atoms with Gasteiger partial charge in [-0.1, -0.05) is 6.07 Å². The topological polar surface area (TPSA) is 38.3 Å². The zero-order valence-corrected chi connectivity index (χ0v) is 9.96. The van der Waals surface area contributed by atoms with E-state index in [9.17, 15) is 4.79 Å². The van der Waals surface area contributed by atoms with Crippen molar-refractivity contribution in [1.29, 1.82) is 0 Å². The maximum atomic E-state index is 12.2. The Morgan fingerprint density at radius 2 is 2.06 bits per heavy atom. The molecule has 2 rings (SSSR count). The van der Waals surface area contributed by atoms with E-state index in [1.807, 2.05) is 26.0 Å². The van der Waals surface area contributed by atoms with Crippen LogP contribution in [0.3, 0.4) is 0 Å². The molecule has 0 amide bonds. The fourth-order valence-corrected chi connectivity index (χ4v) is 1.94. The molecule has 0 aliphatic carbocycles. The number of benzene rings is 1. The number of nitrogens with one attached hydrogen (secondary N) is 1. The lowest BCUT2D eigenvalue weighted by Crippen LogP contribution is -2.46. The van der Waals surface area contributed by atoms with Gasteiger partial charge in [0.05, 0.1) is 12.7 Å². The molecule has 0 atom stereocenters. The zero-order valence-electron chi connectivity index (χ0n) is 9.96. The van der Waals surface area contributed by atoms with Crippen molar-refractivity contribution in [2.24, 2.45) is 5.92 Å². The number of ketones is 1. The molecule has 1 aliphatic heterocycles. The van der Waals surface area contributed by atoms with Crippen molar-refractivity contribution in [2.45, 2.75) is 13.8 Å². The van der Waals surface area contributed by atoms with Crippen LogP contribution in [-0.4, -0.2) is 26.0 Å². The Hall–Kier alpha value is -1.35. The predicted molar refractivity (Wildman–Crippen MR) is 63.2 cm³/mol. The highest BCUT2D eigenvalue weighted by molar-refractivity contribution is 6.01. The number of hydrogen-bond acceptors (Lipinski definition) is 3. The van der Waals surface area contributed by atoms with E-state index >= 15 is 0 Å². The van der Waals surface area contributed by atoms with Crippen molar-refractivity contribution >= 4 is 5.78 Å². The molecule has 0 spiro atoms. The molecular formula is C13H17NO2. The van der Waals surface area contributed by atoms with Crippen LogP contribution in [0.2, 0.25) is 0 Å². The first kappa shape index (κ1) is 11.1. The lowest BCUT2D eigenvalue weighted by Gasteiger charge is -2.26. The number of carbonyl (C=O) groups excluding carboxylic acids is 1. The SMILES string of the molecule is COc1c(C(=O)C2CNC2)ccc(C)c1C. The lowest BCUT2D eigenvalue weighted by atomic mass is 9.90. The standard InChI is InChI=1S/C13H17NO2/c1-8-4-5-11(13(16-3)9(8)2)12(15)10-6-14-7-10/h4-5,10,14H,6-7H2,1-3H3. The van der Waals surface area contributed by atoms with Crippen LogP contribution in [0.1, 0.15) is 21.5 Å². The fourth-order valence-electron chi connectivity index (χ4n) is 1.94. The second kappa shape index (κ2) is 4.26. The average Bonchev–Trinajstić information content (AvgIpc) is 2.19. The fraction of sp³-hybridized carbons (Fsp3) is 0.462. The number of hydrogen-bond donors (Lipinski definition) is 1. The summed E-state index contributed by atoms with van der Waals surface area (Å²) < 4.78 is 5.36. The summed E-state index contributed by atoms with van der Waals surface area (Å²) in [6.45, 7) is 5.59. The highest BCUT2D eigenvalue weighted by Crippen LogP contribution is 2.28. The van der Waals surface area contributed by atoms with E-state index < -0.39 is 0 Å². The van der Waals surface area contributed by atoms with Crippen LogP contribution >= 0.6 is 0 Å². The van der Waals surface area contributed by atoms with Crippen molar-refractivity contribution < 1.29 is 9.53 Å². The molecule has 1 aliphatic rings. The quantitative estimate of drug-likeness (QED) is 0.787. The van der Waals surface area contributed by atoms with E-state index in [1.54, 1.807) is 7.11 Å². The van der Waals surface area contributed by atoms with E-state index in [4.69, 9.17) is 4.74 Å². The van der Waals surface area contributed by atoms with E-state index in [1.165, 1.54) is 0 Å². The summed E-state index contributed by atoms with van der Waals surface area (Å²) >= 11 is 0. The molecule has 3 nitrogen and oxygen atoms in total. The first-order valence-electron chi connectivity index (χ1n) is 5.54. The highest BCUT2D eigenvalue weighted by Gasteiger charge is 2.28.